The van der Waals surface area contributed by atoms with Crippen LogP contribution in [0, 0.1) is 0 Å². The monoisotopic (exact) mass is 375 g/mol. The summed E-state index contributed by atoms with van der Waals surface area (Å²) in [5, 5.41) is 0. The minimum absolute atomic E-state index is 0.238. The summed E-state index contributed by atoms with van der Waals surface area (Å²) in [6.45, 7) is 0.775. The summed E-state index contributed by atoms with van der Waals surface area (Å²) in [7, 11) is 3.44. The molecule has 0 amide bonds. The summed E-state index contributed by atoms with van der Waals surface area (Å²) in [6.07, 6.45) is 10.4. The molecule has 0 unspecified atom stereocenters. The van der Waals surface area contributed by atoms with E-state index in [-0.39, 0.29) is 12.0 Å². The van der Waals surface area contributed by atoms with Gasteiger partial charge in [-0.15, -0.1) is 0 Å². The van der Waals surface area contributed by atoms with E-state index in [0.717, 1.165) is 23.5 Å². The molecule has 28 heavy (non-hydrogen) atoms. The summed E-state index contributed by atoms with van der Waals surface area (Å²) in [6, 6.07) is 17.6. The molecule has 0 fully saturated rings. The van der Waals surface area contributed by atoms with Crippen LogP contribution in [-0.2, 0) is 16.0 Å². The quantitative estimate of drug-likeness (QED) is 0.559. The second-order valence-electron chi connectivity index (χ2n) is 6.59. The van der Waals surface area contributed by atoms with E-state index in [9.17, 15) is 4.79 Å². The minimum Gasteiger partial charge on any atom is -0.467 e. The molecular weight excluding hydrogens is 350 g/mol. The molecule has 5 heteroatoms. The lowest BCUT2D eigenvalue weighted by Gasteiger charge is -2.17. The molecule has 0 aliphatic carbocycles. The molecule has 0 saturated heterocycles. The first-order chi connectivity index (χ1) is 13.7. The molecule has 3 rings (SSSR count). The van der Waals surface area contributed by atoms with Gasteiger partial charge in [0.15, 0.2) is 0 Å². The summed E-state index contributed by atoms with van der Waals surface area (Å²) in [4.78, 5) is 18.6. The van der Waals surface area contributed by atoms with Gasteiger partial charge in [0.05, 0.1) is 7.11 Å². The number of methoxy groups -OCH3 is 1. The van der Waals surface area contributed by atoms with Gasteiger partial charge in [0.25, 0.3) is 0 Å². The fourth-order valence-corrected chi connectivity index (χ4v) is 3.01. The average Bonchev–Trinajstić information content (AvgIpc) is 3.27. The second-order valence-corrected chi connectivity index (χ2v) is 6.59. The maximum absolute atomic E-state index is 12.1. The Balaban J connectivity index is 1.60. The molecule has 3 aromatic rings. The van der Waals surface area contributed by atoms with E-state index in [1.54, 1.807) is 6.20 Å². The fraction of sp³-hybridized carbons (Fsp3) is 0.217. The summed E-state index contributed by atoms with van der Waals surface area (Å²) in [5.74, 6) is 0.707. The molecule has 144 valence electrons. The third-order valence-corrected chi connectivity index (χ3v) is 4.60. The number of anilines is 1. The Labute approximate surface area is 165 Å². The van der Waals surface area contributed by atoms with Crippen molar-refractivity contribution in [2.24, 2.45) is 0 Å². The van der Waals surface area contributed by atoms with E-state index < -0.39 is 0 Å². The van der Waals surface area contributed by atoms with Crippen LogP contribution in [0.2, 0.25) is 0 Å². The maximum atomic E-state index is 12.1. The third kappa shape index (κ3) is 5.10. The van der Waals surface area contributed by atoms with Gasteiger partial charge in [-0.3, -0.25) is 0 Å². The summed E-state index contributed by atoms with van der Waals surface area (Å²) >= 11 is 0. The zero-order chi connectivity index (χ0) is 19.8. The first-order valence-electron chi connectivity index (χ1n) is 9.25. The molecular formula is C23H25N3O2. The largest absolute Gasteiger partial charge is 0.467 e. The highest BCUT2D eigenvalue weighted by molar-refractivity contribution is 5.74. The number of pyridine rings is 1. The van der Waals surface area contributed by atoms with Crippen molar-refractivity contribution in [3.8, 4) is 0 Å². The van der Waals surface area contributed by atoms with E-state index in [0.29, 0.717) is 6.42 Å². The number of likely N-dealkylation sites (N-methyl/N-ethyl adjacent to an activating group) is 1. The lowest BCUT2D eigenvalue weighted by molar-refractivity contribution is -0.144. The fourth-order valence-electron chi connectivity index (χ4n) is 3.01. The van der Waals surface area contributed by atoms with Crippen LogP contribution >= 0.6 is 0 Å². The smallest absolute Gasteiger partial charge is 0.329 e. The second kappa shape index (κ2) is 9.55. The van der Waals surface area contributed by atoms with Gasteiger partial charge in [0, 0.05) is 38.6 Å². The molecule has 0 aliphatic heterocycles. The lowest BCUT2D eigenvalue weighted by atomic mass is 10.0. The van der Waals surface area contributed by atoms with Crippen LogP contribution in [0.4, 0.5) is 5.82 Å². The first-order valence-corrected chi connectivity index (χ1v) is 9.25. The first kappa shape index (κ1) is 19.4. The average molecular weight is 375 g/mol. The Kier molecular flexibility index (Phi) is 6.63. The molecule has 5 nitrogen and oxygen atoms in total. The van der Waals surface area contributed by atoms with Crippen LogP contribution < -0.4 is 4.90 Å². The Morgan fingerprint density at radius 3 is 2.54 bits per heavy atom. The van der Waals surface area contributed by atoms with Gasteiger partial charge in [-0.1, -0.05) is 42.5 Å². The third-order valence-electron chi connectivity index (χ3n) is 4.60. The van der Waals surface area contributed by atoms with Crippen LogP contribution in [0.5, 0.6) is 0 Å². The number of esters is 1. The minimum atomic E-state index is -0.353. The van der Waals surface area contributed by atoms with Gasteiger partial charge < -0.3 is 14.2 Å². The van der Waals surface area contributed by atoms with Crippen molar-refractivity contribution < 1.29 is 9.53 Å². The number of carbonyl (C=O) groups excluding carboxylic acids is 1. The predicted octanol–water partition coefficient (Wildman–Crippen LogP) is 3.99. The lowest BCUT2D eigenvalue weighted by Crippen LogP contribution is -2.22. The number of benzene rings is 1. The summed E-state index contributed by atoms with van der Waals surface area (Å²) in [5.41, 5.74) is 2.21. The Bertz CT molecular complexity index is 887. The molecule has 2 aromatic heterocycles. The highest BCUT2D eigenvalue weighted by Gasteiger charge is 2.20. The van der Waals surface area contributed by atoms with Crippen molar-refractivity contribution in [3.63, 3.8) is 0 Å². The van der Waals surface area contributed by atoms with Gasteiger partial charge in [-0.2, -0.15) is 0 Å². The zero-order valence-corrected chi connectivity index (χ0v) is 16.2. The number of carbonyl (C=O) groups is 1. The van der Waals surface area contributed by atoms with Gasteiger partial charge in [0.1, 0.15) is 11.9 Å². The van der Waals surface area contributed by atoms with Gasteiger partial charge in [-0.25, -0.2) is 9.78 Å². The number of hydrogen-bond acceptors (Lipinski definition) is 4. The molecule has 0 N–H and O–H groups in total. The molecule has 1 aromatic carbocycles. The van der Waals surface area contributed by atoms with Crippen molar-refractivity contribution in [3.05, 3.63) is 90.4 Å². The van der Waals surface area contributed by atoms with Crippen LogP contribution in [-0.4, -0.2) is 36.2 Å². The van der Waals surface area contributed by atoms with Crippen LogP contribution in [0.25, 0.3) is 6.08 Å². The van der Waals surface area contributed by atoms with E-state index in [4.69, 9.17) is 4.74 Å². The molecule has 0 bridgehead atoms. The van der Waals surface area contributed by atoms with E-state index in [1.165, 1.54) is 7.11 Å². The molecule has 0 spiro atoms. The van der Waals surface area contributed by atoms with E-state index in [2.05, 4.69) is 46.3 Å². The summed E-state index contributed by atoms with van der Waals surface area (Å²) < 4.78 is 6.85. The Hall–Kier alpha value is -3.34. The number of ether oxygens (including phenoxy) is 1. The standard InChI is InChI=1S/C23H25N3O2/c1-25(22-9-3-4-14-24-22)15-7-8-19-10-12-20(13-11-19)18-21(23(27)28-2)26-16-5-6-17-26/h3-14,16-17,21H,15,18H2,1-2H3/t21-/m0/s1. The number of hydrogen-bond donors (Lipinski definition) is 0. The van der Waals surface area contributed by atoms with Crippen LogP contribution in [0.15, 0.2) is 79.3 Å². The Morgan fingerprint density at radius 2 is 1.89 bits per heavy atom. The molecule has 0 radical (unpaired) electrons. The van der Waals surface area contributed by atoms with Crippen molar-refractivity contribution in [1.82, 2.24) is 9.55 Å². The van der Waals surface area contributed by atoms with Crippen molar-refractivity contribution in [2.75, 3.05) is 25.6 Å². The zero-order valence-electron chi connectivity index (χ0n) is 16.2. The number of aromatic nitrogens is 2. The van der Waals surface area contributed by atoms with Gasteiger partial charge >= 0.3 is 5.97 Å². The number of nitrogens with zero attached hydrogens (tertiary/aromatic N) is 3. The highest BCUT2D eigenvalue weighted by atomic mass is 16.5. The van der Waals surface area contributed by atoms with Crippen LogP contribution in [0.3, 0.4) is 0 Å². The normalized spacial score (nSPS) is 12.1. The van der Waals surface area contributed by atoms with E-state index >= 15 is 0 Å². The van der Waals surface area contributed by atoms with Crippen molar-refractivity contribution in [2.45, 2.75) is 12.5 Å². The maximum Gasteiger partial charge on any atom is 0.329 e. The molecule has 2 heterocycles. The van der Waals surface area contributed by atoms with Crippen molar-refractivity contribution >= 4 is 17.9 Å². The van der Waals surface area contributed by atoms with Gasteiger partial charge in [0.2, 0.25) is 0 Å². The van der Waals surface area contributed by atoms with Crippen molar-refractivity contribution in [1.29, 1.82) is 0 Å². The Morgan fingerprint density at radius 1 is 1.14 bits per heavy atom. The number of rotatable bonds is 8. The van der Waals surface area contributed by atoms with Crippen LogP contribution in [0.1, 0.15) is 17.2 Å². The van der Waals surface area contributed by atoms with Gasteiger partial charge in [-0.05, 0) is 35.4 Å². The topological polar surface area (TPSA) is 47.4 Å². The molecule has 0 saturated carbocycles. The SMILES string of the molecule is COC(=O)[C@H](Cc1ccc(C=CCN(C)c2ccccn2)cc1)n1cccc1. The van der Waals surface area contributed by atoms with E-state index in [1.807, 2.05) is 54.3 Å². The highest BCUT2D eigenvalue weighted by Crippen LogP contribution is 2.17. The molecule has 0 aliphatic rings. The predicted molar refractivity (Wildman–Crippen MR) is 112 cm³/mol. The molecule has 1 atom stereocenters.